The average Bonchev–Trinajstić information content (AvgIpc) is 2.82. The second kappa shape index (κ2) is 5.27. The number of ether oxygens (including phenoxy) is 1. The molecule has 0 bridgehead atoms. The number of benzene rings is 1. The van der Waals surface area contributed by atoms with E-state index < -0.39 is 0 Å². The van der Waals surface area contributed by atoms with E-state index in [1.165, 1.54) is 11.3 Å². The zero-order valence-corrected chi connectivity index (χ0v) is 9.57. The van der Waals surface area contributed by atoms with Crippen LogP contribution in [0.2, 0.25) is 0 Å². The van der Waals surface area contributed by atoms with Crippen LogP contribution in [0.15, 0.2) is 40.9 Å². The van der Waals surface area contributed by atoms with Gasteiger partial charge >= 0.3 is 0 Å². The second-order valence-corrected chi connectivity index (χ2v) is 3.88. The number of hydrazone groups is 1. The van der Waals surface area contributed by atoms with Gasteiger partial charge in [0, 0.05) is 11.6 Å². The van der Waals surface area contributed by atoms with Crippen LogP contribution in [-0.4, -0.2) is 18.3 Å². The number of rotatable bonds is 4. The Hall–Kier alpha value is -1.88. The molecule has 0 saturated heterocycles. The number of thiazole rings is 1. The van der Waals surface area contributed by atoms with Gasteiger partial charge in [-0.15, -0.1) is 11.3 Å². The SMILES string of the molecule is COc1cccc(/C=N\Nc2nccs2)c1. The second-order valence-electron chi connectivity index (χ2n) is 2.98. The van der Waals surface area contributed by atoms with Crippen LogP contribution < -0.4 is 10.2 Å². The molecule has 2 aromatic rings. The Morgan fingerprint density at radius 2 is 2.44 bits per heavy atom. The molecule has 1 aromatic carbocycles. The van der Waals surface area contributed by atoms with E-state index in [-0.39, 0.29) is 0 Å². The largest absolute Gasteiger partial charge is 0.497 e. The molecule has 0 saturated carbocycles. The van der Waals surface area contributed by atoms with Crippen LogP contribution in [0.1, 0.15) is 5.56 Å². The van der Waals surface area contributed by atoms with Crippen molar-refractivity contribution in [2.45, 2.75) is 0 Å². The molecule has 0 radical (unpaired) electrons. The topological polar surface area (TPSA) is 46.5 Å². The fraction of sp³-hybridized carbons (Fsp3) is 0.0909. The molecule has 0 atom stereocenters. The smallest absolute Gasteiger partial charge is 0.203 e. The van der Waals surface area contributed by atoms with Crippen molar-refractivity contribution in [3.8, 4) is 5.75 Å². The van der Waals surface area contributed by atoms with Crippen molar-refractivity contribution >= 4 is 22.7 Å². The van der Waals surface area contributed by atoms with Gasteiger partial charge in [-0.3, -0.25) is 5.43 Å². The molecule has 82 valence electrons. The maximum Gasteiger partial charge on any atom is 0.203 e. The highest BCUT2D eigenvalue weighted by Gasteiger charge is 1.92. The van der Waals surface area contributed by atoms with E-state index in [9.17, 15) is 0 Å². The highest BCUT2D eigenvalue weighted by atomic mass is 32.1. The monoisotopic (exact) mass is 233 g/mol. The van der Waals surface area contributed by atoms with Crippen LogP contribution in [-0.2, 0) is 0 Å². The molecule has 4 nitrogen and oxygen atoms in total. The zero-order valence-electron chi connectivity index (χ0n) is 8.75. The van der Waals surface area contributed by atoms with Gasteiger partial charge in [0.1, 0.15) is 5.75 Å². The molecule has 16 heavy (non-hydrogen) atoms. The predicted octanol–water partition coefficient (Wildman–Crippen LogP) is 2.60. The summed E-state index contributed by atoms with van der Waals surface area (Å²) in [6, 6.07) is 7.68. The highest BCUT2D eigenvalue weighted by Crippen LogP contribution is 2.12. The number of hydrogen-bond acceptors (Lipinski definition) is 5. The molecule has 0 amide bonds. The molecule has 1 aromatic heterocycles. The van der Waals surface area contributed by atoms with E-state index in [4.69, 9.17) is 4.74 Å². The summed E-state index contributed by atoms with van der Waals surface area (Å²) in [5.74, 6) is 0.818. The van der Waals surface area contributed by atoms with Crippen LogP contribution in [0.3, 0.4) is 0 Å². The molecule has 2 rings (SSSR count). The summed E-state index contributed by atoms with van der Waals surface area (Å²) < 4.78 is 5.11. The van der Waals surface area contributed by atoms with Crippen LogP contribution in [0.4, 0.5) is 5.13 Å². The molecule has 0 spiro atoms. The number of hydrogen-bond donors (Lipinski definition) is 1. The van der Waals surface area contributed by atoms with Crippen LogP contribution in [0, 0.1) is 0 Å². The van der Waals surface area contributed by atoms with E-state index in [1.54, 1.807) is 19.5 Å². The van der Waals surface area contributed by atoms with Crippen LogP contribution in [0.25, 0.3) is 0 Å². The van der Waals surface area contributed by atoms with Gasteiger partial charge < -0.3 is 4.74 Å². The molecule has 0 aliphatic rings. The summed E-state index contributed by atoms with van der Waals surface area (Å²) in [5, 5.41) is 6.75. The summed E-state index contributed by atoms with van der Waals surface area (Å²) in [5.41, 5.74) is 3.82. The lowest BCUT2D eigenvalue weighted by molar-refractivity contribution is 0.415. The van der Waals surface area contributed by atoms with Crippen molar-refractivity contribution in [3.63, 3.8) is 0 Å². The van der Waals surface area contributed by atoms with Gasteiger partial charge in [0.2, 0.25) is 5.13 Å². The lowest BCUT2D eigenvalue weighted by Crippen LogP contribution is -1.90. The van der Waals surface area contributed by atoms with Gasteiger partial charge in [0.15, 0.2) is 0 Å². The van der Waals surface area contributed by atoms with E-state index in [0.29, 0.717) is 0 Å². The molecule has 0 aliphatic heterocycles. The molecule has 1 heterocycles. The zero-order chi connectivity index (χ0) is 11.2. The number of nitrogens with one attached hydrogen (secondary N) is 1. The molecule has 5 heteroatoms. The van der Waals surface area contributed by atoms with E-state index in [1.807, 2.05) is 29.6 Å². The summed E-state index contributed by atoms with van der Waals surface area (Å²) in [6.07, 6.45) is 3.46. The van der Waals surface area contributed by atoms with Crippen molar-refractivity contribution in [1.29, 1.82) is 0 Å². The van der Waals surface area contributed by atoms with E-state index >= 15 is 0 Å². The lowest BCUT2D eigenvalue weighted by atomic mass is 10.2. The number of nitrogens with zero attached hydrogens (tertiary/aromatic N) is 2. The Balaban J connectivity index is 2.00. The van der Waals surface area contributed by atoms with Gasteiger partial charge in [0.05, 0.1) is 13.3 Å². The summed E-state index contributed by atoms with van der Waals surface area (Å²) in [6.45, 7) is 0. The first-order valence-corrected chi connectivity index (χ1v) is 5.59. The standard InChI is InChI=1S/C11H11N3OS/c1-15-10-4-2-3-9(7-10)8-13-14-11-12-5-6-16-11/h2-8H,1H3,(H,12,14)/b13-8-. The quantitative estimate of drug-likeness (QED) is 0.652. The van der Waals surface area contributed by atoms with Crippen molar-refractivity contribution in [3.05, 3.63) is 41.4 Å². The highest BCUT2D eigenvalue weighted by molar-refractivity contribution is 7.13. The maximum atomic E-state index is 5.11. The minimum Gasteiger partial charge on any atom is -0.497 e. The van der Waals surface area contributed by atoms with Crippen molar-refractivity contribution in [2.75, 3.05) is 12.5 Å². The summed E-state index contributed by atoms with van der Waals surface area (Å²) >= 11 is 1.51. The molecule has 0 unspecified atom stereocenters. The van der Waals surface area contributed by atoms with Crippen molar-refractivity contribution in [2.24, 2.45) is 5.10 Å². The molecule has 1 N–H and O–H groups in total. The normalized spacial score (nSPS) is 10.6. The molecule has 0 fully saturated rings. The first-order chi connectivity index (χ1) is 7.88. The van der Waals surface area contributed by atoms with E-state index in [0.717, 1.165) is 16.4 Å². The Morgan fingerprint density at radius 1 is 1.50 bits per heavy atom. The average molecular weight is 233 g/mol. The van der Waals surface area contributed by atoms with Gasteiger partial charge in [0.25, 0.3) is 0 Å². The minimum atomic E-state index is 0.777. The van der Waals surface area contributed by atoms with Crippen LogP contribution in [0.5, 0.6) is 5.75 Å². The Morgan fingerprint density at radius 3 is 3.19 bits per heavy atom. The Bertz CT molecular complexity index is 468. The summed E-state index contributed by atoms with van der Waals surface area (Å²) in [4.78, 5) is 4.05. The first kappa shape index (κ1) is 10.6. The fourth-order valence-corrected chi connectivity index (χ4v) is 1.64. The maximum absolute atomic E-state index is 5.11. The van der Waals surface area contributed by atoms with Crippen molar-refractivity contribution < 1.29 is 4.74 Å². The third kappa shape index (κ3) is 2.80. The molecular weight excluding hydrogens is 222 g/mol. The van der Waals surface area contributed by atoms with Gasteiger partial charge in [-0.05, 0) is 17.7 Å². The minimum absolute atomic E-state index is 0.777. The molecule has 0 aliphatic carbocycles. The third-order valence-electron chi connectivity index (χ3n) is 1.90. The Kier molecular flexibility index (Phi) is 3.50. The summed E-state index contributed by atoms with van der Waals surface area (Å²) in [7, 11) is 1.64. The number of methoxy groups -OCH3 is 1. The number of aromatic nitrogens is 1. The van der Waals surface area contributed by atoms with Crippen molar-refractivity contribution in [1.82, 2.24) is 4.98 Å². The number of anilines is 1. The predicted molar refractivity (Wildman–Crippen MR) is 66.3 cm³/mol. The lowest BCUT2D eigenvalue weighted by Gasteiger charge is -1.99. The van der Waals surface area contributed by atoms with Gasteiger partial charge in [-0.25, -0.2) is 4.98 Å². The first-order valence-electron chi connectivity index (χ1n) is 4.71. The van der Waals surface area contributed by atoms with Crippen LogP contribution >= 0.6 is 11.3 Å². The molecular formula is C11H11N3OS. The fourth-order valence-electron chi connectivity index (χ4n) is 1.16. The van der Waals surface area contributed by atoms with Gasteiger partial charge in [-0.1, -0.05) is 12.1 Å². The Labute approximate surface area is 97.6 Å². The third-order valence-corrected chi connectivity index (χ3v) is 2.58. The van der Waals surface area contributed by atoms with Gasteiger partial charge in [-0.2, -0.15) is 5.10 Å². The van der Waals surface area contributed by atoms with E-state index in [2.05, 4.69) is 15.5 Å².